The number of nitrogens with one attached hydrogen (secondary N) is 2. The van der Waals surface area contributed by atoms with Gasteiger partial charge in [0.05, 0.1) is 6.21 Å². The fourth-order valence-corrected chi connectivity index (χ4v) is 2.13. The minimum absolute atomic E-state index is 0.318. The predicted octanol–water partition coefficient (Wildman–Crippen LogP) is 1.93. The molecule has 9 heteroatoms. The smallest absolute Gasteiger partial charge is 0.283 e. The lowest BCUT2D eigenvalue weighted by molar-refractivity contribution is 0.874. The molecule has 0 aliphatic rings. The lowest BCUT2D eigenvalue weighted by atomic mass is 10.2. The van der Waals surface area contributed by atoms with Crippen LogP contribution in [-0.2, 0) is 0 Å². The Kier molecular flexibility index (Phi) is 6.23. The molecule has 0 spiro atoms. The van der Waals surface area contributed by atoms with Crippen LogP contribution in [0.25, 0.3) is 0 Å². The molecule has 2 aromatic rings. The van der Waals surface area contributed by atoms with E-state index in [-0.39, 0.29) is 0 Å². The molecule has 0 atom stereocenters. The minimum atomic E-state index is 0.318. The molecule has 0 unspecified atom stereocenters. The van der Waals surface area contributed by atoms with Crippen LogP contribution in [-0.4, -0.2) is 51.7 Å². The first-order chi connectivity index (χ1) is 10.3. The van der Waals surface area contributed by atoms with E-state index in [1.54, 1.807) is 6.21 Å². The highest BCUT2D eigenvalue weighted by molar-refractivity contribution is 6.18. The molecule has 0 amide bonds. The van der Waals surface area contributed by atoms with Gasteiger partial charge in [-0.3, -0.25) is 0 Å². The van der Waals surface area contributed by atoms with Crippen LogP contribution in [0.1, 0.15) is 5.56 Å². The largest absolute Gasteiger partial charge is 0.369 e. The summed E-state index contributed by atoms with van der Waals surface area (Å²) < 4.78 is 0. The number of alkyl halides is 2. The van der Waals surface area contributed by atoms with Gasteiger partial charge in [-0.25, -0.2) is 5.43 Å². The number of anilines is 2. The number of H-pyrrole nitrogens is 1. The van der Waals surface area contributed by atoms with E-state index in [1.807, 2.05) is 24.3 Å². The summed E-state index contributed by atoms with van der Waals surface area (Å²) in [6, 6.07) is 7.95. The SMILES string of the molecule is ClCCN(CCCl)c1ccc(/C=N/Nc2nn[nH]n2)cc1. The van der Waals surface area contributed by atoms with Gasteiger partial charge >= 0.3 is 0 Å². The fourth-order valence-electron chi connectivity index (χ4n) is 1.72. The first-order valence-electron chi connectivity index (χ1n) is 6.33. The van der Waals surface area contributed by atoms with Crippen LogP contribution in [0.3, 0.4) is 0 Å². The average molecular weight is 328 g/mol. The molecule has 7 nitrogen and oxygen atoms in total. The lowest BCUT2D eigenvalue weighted by Gasteiger charge is -2.22. The summed E-state index contributed by atoms with van der Waals surface area (Å²) in [4.78, 5) is 2.14. The highest BCUT2D eigenvalue weighted by atomic mass is 35.5. The monoisotopic (exact) mass is 327 g/mol. The number of halogens is 2. The maximum absolute atomic E-state index is 5.80. The molecule has 1 heterocycles. The van der Waals surface area contributed by atoms with Crippen LogP contribution < -0.4 is 10.3 Å². The Morgan fingerprint density at radius 2 is 1.90 bits per heavy atom. The van der Waals surface area contributed by atoms with Crippen molar-refractivity contribution in [1.82, 2.24) is 20.6 Å². The van der Waals surface area contributed by atoms with Crippen molar-refractivity contribution < 1.29 is 0 Å². The summed E-state index contributed by atoms with van der Waals surface area (Å²) in [5.41, 5.74) is 4.69. The molecular weight excluding hydrogens is 313 g/mol. The third-order valence-electron chi connectivity index (χ3n) is 2.69. The Morgan fingerprint density at radius 1 is 1.19 bits per heavy atom. The summed E-state index contributed by atoms with van der Waals surface area (Å²) in [7, 11) is 0. The van der Waals surface area contributed by atoms with Crippen molar-refractivity contribution in [2.24, 2.45) is 5.10 Å². The zero-order chi connectivity index (χ0) is 14.9. The molecule has 0 radical (unpaired) electrons. The van der Waals surface area contributed by atoms with Crippen LogP contribution in [0.2, 0.25) is 0 Å². The summed E-state index contributed by atoms with van der Waals surface area (Å²) in [5.74, 6) is 1.45. The molecule has 0 fully saturated rings. The van der Waals surface area contributed by atoms with Crippen molar-refractivity contribution in [3.63, 3.8) is 0 Å². The van der Waals surface area contributed by atoms with Crippen LogP contribution in [0.4, 0.5) is 11.6 Å². The average Bonchev–Trinajstić information content (AvgIpc) is 3.01. The molecule has 0 aliphatic heterocycles. The second-order valence-electron chi connectivity index (χ2n) is 4.06. The quantitative estimate of drug-likeness (QED) is 0.440. The van der Waals surface area contributed by atoms with Gasteiger partial charge in [0.15, 0.2) is 0 Å². The Hall–Kier alpha value is -1.86. The van der Waals surface area contributed by atoms with Crippen molar-refractivity contribution in [3.05, 3.63) is 29.8 Å². The second-order valence-corrected chi connectivity index (χ2v) is 4.82. The highest BCUT2D eigenvalue weighted by Gasteiger charge is 2.04. The molecule has 0 saturated heterocycles. The van der Waals surface area contributed by atoms with E-state index in [0.717, 1.165) is 24.3 Å². The third kappa shape index (κ3) is 4.87. The maximum atomic E-state index is 5.80. The minimum Gasteiger partial charge on any atom is -0.369 e. The van der Waals surface area contributed by atoms with E-state index < -0.39 is 0 Å². The molecule has 2 rings (SSSR count). The van der Waals surface area contributed by atoms with Crippen LogP contribution in [0.5, 0.6) is 0 Å². The first-order valence-corrected chi connectivity index (χ1v) is 7.40. The first kappa shape index (κ1) is 15.5. The van der Waals surface area contributed by atoms with Crippen molar-refractivity contribution >= 4 is 41.1 Å². The number of aromatic nitrogens is 4. The lowest BCUT2D eigenvalue weighted by Crippen LogP contribution is -2.27. The maximum Gasteiger partial charge on any atom is 0.283 e. The topological polar surface area (TPSA) is 82.1 Å². The van der Waals surface area contributed by atoms with Gasteiger partial charge in [0.2, 0.25) is 0 Å². The number of benzene rings is 1. The Balaban J connectivity index is 1.95. The number of rotatable bonds is 8. The fraction of sp³-hybridized carbons (Fsp3) is 0.333. The van der Waals surface area contributed by atoms with Gasteiger partial charge in [-0.1, -0.05) is 17.2 Å². The number of aromatic amines is 1. The van der Waals surface area contributed by atoms with Gasteiger partial charge in [0.25, 0.3) is 5.95 Å². The predicted molar refractivity (Wildman–Crippen MR) is 85.5 cm³/mol. The molecule has 2 N–H and O–H groups in total. The molecule has 0 saturated carbocycles. The summed E-state index contributed by atoms with van der Waals surface area (Å²) in [5, 5.41) is 17.2. The molecule has 21 heavy (non-hydrogen) atoms. The number of hydrazone groups is 1. The van der Waals surface area contributed by atoms with Gasteiger partial charge < -0.3 is 4.90 Å². The standard InChI is InChI=1S/C12H15Cl2N7/c13-5-7-21(8-6-14)11-3-1-10(2-4-11)9-15-16-12-17-19-20-18-12/h1-4,9H,5-8H2,(H2,16,17,18,19,20)/b15-9+. The van der Waals surface area contributed by atoms with Crippen LogP contribution >= 0.6 is 23.2 Å². The van der Waals surface area contributed by atoms with E-state index >= 15 is 0 Å². The normalized spacial score (nSPS) is 11.0. The van der Waals surface area contributed by atoms with Crippen LogP contribution in [0, 0.1) is 0 Å². The Morgan fingerprint density at radius 3 is 2.48 bits per heavy atom. The van der Waals surface area contributed by atoms with Gasteiger partial charge in [-0.05, 0) is 22.9 Å². The number of hydrogen-bond acceptors (Lipinski definition) is 6. The van der Waals surface area contributed by atoms with Crippen molar-refractivity contribution in [3.8, 4) is 0 Å². The molecular formula is C12H15Cl2N7. The Labute approximate surface area is 132 Å². The van der Waals surface area contributed by atoms with Gasteiger partial charge in [0.1, 0.15) is 0 Å². The van der Waals surface area contributed by atoms with E-state index in [0.29, 0.717) is 17.7 Å². The van der Waals surface area contributed by atoms with Gasteiger partial charge in [-0.15, -0.1) is 28.3 Å². The van der Waals surface area contributed by atoms with E-state index in [2.05, 4.69) is 36.1 Å². The summed E-state index contributed by atoms with van der Waals surface area (Å²) in [6.45, 7) is 1.53. The van der Waals surface area contributed by atoms with Gasteiger partial charge in [0, 0.05) is 30.5 Å². The summed E-state index contributed by atoms with van der Waals surface area (Å²) >= 11 is 11.6. The number of hydrogen-bond donors (Lipinski definition) is 2. The van der Waals surface area contributed by atoms with Crippen molar-refractivity contribution in [1.29, 1.82) is 0 Å². The van der Waals surface area contributed by atoms with Gasteiger partial charge in [-0.2, -0.15) is 10.3 Å². The molecule has 1 aromatic heterocycles. The van der Waals surface area contributed by atoms with E-state index in [1.165, 1.54) is 0 Å². The number of nitrogens with zero attached hydrogens (tertiary/aromatic N) is 5. The van der Waals surface area contributed by atoms with E-state index in [9.17, 15) is 0 Å². The molecule has 1 aromatic carbocycles. The van der Waals surface area contributed by atoms with E-state index in [4.69, 9.17) is 23.2 Å². The summed E-state index contributed by atoms with van der Waals surface area (Å²) in [6.07, 6.45) is 1.67. The molecule has 0 aliphatic carbocycles. The zero-order valence-electron chi connectivity index (χ0n) is 11.2. The van der Waals surface area contributed by atoms with Crippen molar-refractivity contribution in [2.45, 2.75) is 0 Å². The zero-order valence-corrected chi connectivity index (χ0v) is 12.7. The molecule has 0 bridgehead atoms. The third-order valence-corrected chi connectivity index (χ3v) is 3.03. The molecule has 112 valence electrons. The number of tetrazole rings is 1. The van der Waals surface area contributed by atoms with Crippen LogP contribution in [0.15, 0.2) is 29.4 Å². The second kappa shape index (κ2) is 8.43. The van der Waals surface area contributed by atoms with Crippen molar-refractivity contribution in [2.75, 3.05) is 35.2 Å². The Bertz CT molecular complexity index is 535. The highest BCUT2D eigenvalue weighted by Crippen LogP contribution is 2.15.